The van der Waals surface area contributed by atoms with E-state index in [1.54, 1.807) is 0 Å². The van der Waals surface area contributed by atoms with Gasteiger partial charge in [0.05, 0.1) is 11.5 Å². The molecule has 3 heteroatoms. The van der Waals surface area contributed by atoms with Gasteiger partial charge in [-0.25, -0.2) is 9.97 Å². The first-order valence-electron chi connectivity index (χ1n) is 17.5. The van der Waals surface area contributed by atoms with Crippen LogP contribution in [0, 0.1) is 22.7 Å². The topological polar surface area (TPSA) is 49.6 Å². The Hall–Kier alpha value is -2.21. The van der Waals surface area contributed by atoms with Crippen LogP contribution in [0.4, 0.5) is 0 Å². The average molecular weight is 556 g/mol. The Balaban J connectivity index is 1.21. The minimum absolute atomic E-state index is 0.0800. The Bertz CT molecular complexity index is 1020. The summed E-state index contributed by atoms with van der Waals surface area (Å²) in [6.07, 6.45) is 31.2. The molecule has 3 nitrogen and oxygen atoms in total. The highest BCUT2D eigenvalue weighted by atomic mass is 14.9. The van der Waals surface area contributed by atoms with Crippen molar-refractivity contribution in [2.24, 2.45) is 11.3 Å². The maximum absolute atomic E-state index is 10.0. The van der Waals surface area contributed by atoms with Crippen molar-refractivity contribution in [1.29, 1.82) is 5.26 Å². The SMILES string of the molecule is CCCCCCCCCC1(C#N)CCC(c2ccc(-c3ncc(C4CCC(CCCCCC)CC4)cn3)cc2)CC1. The van der Waals surface area contributed by atoms with Crippen LogP contribution in [0.15, 0.2) is 36.7 Å². The lowest BCUT2D eigenvalue weighted by Gasteiger charge is -2.35. The van der Waals surface area contributed by atoms with Crippen LogP contribution in [0.5, 0.6) is 0 Å². The van der Waals surface area contributed by atoms with E-state index in [-0.39, 0.29) is 5.41 Å². The van der Waals surface area contributed by atoms with Gasteiger partial charge in [-0.1, -0.05) is 115 Å². The zero-order valence-electron chi connectivity index (χ0n) is 26.4. The van der Waals surface area contributed by atoms with E-state index in [0.29, 0.717) is 11.8 Å². The third-order valence-corrected chi connectivity index (χ3v) is 10.5. The van der Waals surface area contributed by atoms with E-state index in [1.807, 2.05) is 0 Å². The normalized spacial score (nSPS) is 24.7. The molecule has 0 unspecified atom stereocenters. The molecule has 224 valence electrons. The van der Waals surface area contributed by atoms with Crippen molar-refractivity contribution < 1.29 is 0 Å². The van der Waals surface area contributed by atoms with Gasteiger partial charge in [-0.15, -0.1) is 0 Å². The quantitative estimate of drug-likeness (QED) is 0.193. The second-order valence-electron chi connectivity index (χ2n) is 13.6. The van der Waals surface area contributed by atoms with Gasteiger partial charge in [-0.3, -0.25) is 0 Å². The Kier molecular flexibility index (Phi) is 13.2. The average Bonchev–Trinajstić information content (AvgIpc) is 3.03. The first kappa shape index (κ1) is 31.7. The lowest BCUT2D eigenvalue weighted by atomic mass is 9.67. The van der Waals surface area contributed by atoms with Crippen molar-refractivity contribution >= 4 is 0 Å². The monoisotopic (exact) mass is 555 g/mol. The largest absolute Gasteiger partial charge is 0.236 e. The maximum Gasteiger partial charge on any atom is 0.159 e. The van der Waals surface area contributed by atoms with Crippen LogP contribution in [-0.2, 0) is 0 Å². The van der Waals surface area contributed by atoms with E-state index >= 15 is 0 Å². The molecule has 0 saturated heterocycles. The molecule has 0 bridgehead atoms. The molecular formula is C38H57N3. The molecule has 1 aromatic heterocycles. The number of nitriles is 1. The lowest BCUT2D eigenvalue weighted by Crippen LogP contribution is -2.25. The molecule has 0 aliphatic heterocycles. The molecule has 0 spiro atoms. The summed E-state index contributed by atoms with van der Waals surface area (Å²) in [4.78, 5) is 9.59. The summed E-state index contributed by atoms with van der Waals surface area (Å²) in [6.45, 7) is 4.57. The summed E-state index contributed by atoms with van der Waals surface area (Å²) in [6, 6.07) is 11.7. The molecule has 4 rings (SSSR count). The minimum Gasteiger partial charge on any atom is -0.236 e. The Labute approximate surface area is 252 Å². The molecule has 2 fully saturated rings. The van der Waals surface area contributed by atoms with Crippen molar-refractivity contribution in [3.8, 4) is 17.5 Å². The van der Waals surface area contributed by atoms with Gasteiger partial charge in [-0.05, 0) is 86.7 Å². The second kappa shape index (κ2) is 17.0. The number of aromatic nitrogens is 2. The van der Waals surface area contributed by atoms with Crippen molar-refractivity contribution in [3.05, 3.63) is 47.8 Å². The fourth-order valence-corrected chi connectivity index (χ4v) is 7.59. The van der Waals surface area contributed by atoms with Crippen LogP contribution in [0.25, 0.3) is 11.4 Å². The van der Waals surface area contributed by atoms with Gasteiger partial charge < -0.3 is 0 Å². The highest BCUT2D eigenvalue weighted by Crippen LogP contribution is 2.46. The summed E-state index contributed by atoms with van der Waals surface area (Å²) >= 11 is 0. The molecule has 2 aliphatic rings. The standard InChI is InChI=1S/C38H57N3/c1-3-5-7-9-10-11-13-25-38(30-39)26-23-34(24-27-38)32-19-21-35(22-20-32)37-40-28-36(29-41-37)33-17-15-31(16-18-33)14-12-8-6-4-2/h19-22,28-29,31,33-34H,3-18,23-27H2,1-2H3. The van der Waals surface area contributed by atoms with Crippen LogP contribution in [0.2, 0.25) is 0 Å². The fraction of sp³-hybridized carbons (Fsp3) is 0.711. The van der Waals surface area contributed by atoms with Gasteiger partial charge in [0.25, 0.3) is 0 Å². The summed E-state index contributed by atoms with van der Waals surface area (Å²) in [5, 5.41) is 10.0. The van der Waals surface area contributed by atoms with E-state index in [2.05, 4.69) is 56.6 Å². The summed E-state index contributed by atoms with van der Waals surface area (Å²) < 4.78 is 0. The number of benzene rings is 1. The van der Waals surface area contributed by atoms with Crippen LogP contribution in [0.3, 0.4) is 0 Å². The van der Waals surface area contributed by atoms with Gasteiger partial charge >= 0.3 is 0 Å². The van der Waals surface area contributed by atoms with E-state index in [1.165, 1.54) is 114 Å². The first-order valence-corrected chi connectivity index (χ1v) is 17.5. The van der Waals surface area contributed by atoms with E-state index in [9.17, 15) is 5.26 Å². The van der Waals surface area contributed by atoms with E-state index in [4.69, 9.17) is 9.97 Å². The van der Waals surface area contributed by atoms with Crippen molar-refractivity contribution in [2.45, 2.75) is 161 Å². The van der Waals surface area contributed by atoms with Crippen LogP contribution >= 0.6 is 0 Å². The molecule has 0 amide bonds. The van der Waals surface area contributed by atoms with E-state index in [0.717, 1.165) is 49.4 Å². The fourth-order valence-electron chi connectivity index (χ4n) is 7.59. The second-order valence-corrected chi connectivity index (χ2v) is 13.6. The molecule has 41 heavy (non-hydrogen) atoms. The van der Waals surface area contributed by atoms with Crippen LogP contribution in [0.1, 0.15) is 172 Å². The number of unbranched alkanes of at least 4 members (excludes halogenated alkanes) is 9. The molecular weight excluding hydrogens is 498 g/mol. The summed E-state index contributed by atoms with van der Waals surface area (Å²) in [5.41, 5.74) is 3.77. The highest BCUT2D eigenvalue weighted by Gasteiger charge is 2.35. The van der Waals surface area contributed by atoms with Crippen molar-refractivity contribution in [1.82, 2.24) is 9.97 Å². The smallest absolute Gasteiger partial charge is 0.159 e. The first-order chi connectivity index (χ1) is 20.2. The minimum atomic E-state index is -0.0800. The van der Waals surface area contributed by atoms with Gasteiger partial charge in [-0.2, -0.15) is 5.26 Å². The highest BCUT2D eigenvalue weighted by molar-refractivity contribution is 5.55. The van der Waals surface area contributed by atoms with Gasteiger partial charge in [0.1, 0.15) is 0 Å². The molecule has 1 aromatic carbocycles. The Morgan fingerprint density at radius 3 is 1.85 bits per heavy atom. The van der Waals surface area contributed by atoms with Crippen LogP contribution < -0.4 is 0 Å². The number of nitrogens with zero attached hydrogens (tertiary/aromatic N) is 3. The van der Waals surface area contributed by atoms with Crippen molar-refractivity contribution in [2.75, 3.05) is 0 Å². The van der Waals surface area contributed by atoms with Crippen LogP contribution in [-0.4, -0.2) is 9.97 Å². The predicted octanol–water partition coefficient (Wildman–Crippen LogP) is 11.7. The Morgan fingerprint density at radius 1 is 0.683 bits per heavy atom. The number of hydrogen-bond acceptors (Lipinski definition) is 3. The molecule has 1 heterocycles. The number of rotatable bonds is 16. The maximum atomic E-state index is 10.0. The molecule has 2 saturated carbocycles. The zero-order valence-corrected chi connectivity index (χ0v) is 26.4. The Morgan fingerprint density at radius 2 is 1.24 bits per heavy atom. The molecule has 2 aromatic rings. The molecule has 2 aliphatic carbocycles. The zero-order chi connectivity index (χ0) is 28.8. The van der Waals surface area contributed by atoms with Gasteiger partial charge in [0.2, 0.25) is 0 Å². The van der Waals surface area contributed by atoms with E-state index < -0.39 is 0 Å². The molecule has 0 radical (unpaired) electrons. The summed E-state index contributed by atoms with van der Waals surface area (Å²) in [5.74, 6) is 2.99. The molecule has 0 atom stereocenters. The third-order valence-electron chi connectivity index (χ3n) is 10.5. The summed E-state index contributed by atoms with van der Waals surface area (Å²) in [7, 11) is 0. The van der Waals surface area contributed by atoms with Gasteiger partial charge in [0, 0.05) is 18.0 Å². The molecule has 0 N–H and O–H groups in total. The third kappa shape index (κ3) is 9.66. The van der Waals surface area contributed by atoms with Gasteiger partial charge in [0.15, 0.2) is 5.82 Å². The lowest BCUT2D eigenvalue weighted by molar-refractivity contribution is 0.223. The van der Waals surface area contributed by atoms with Crippen molar-refractivity contribution in [3.63, 3.8) is 0 Å². The number of hydrogen-bond donors (Lipinski definition) is 0. The predicted molar refractivity (Wildman–Crippen MR) is 173 cm³/mol.